The highest BCUT2D eigenvalue weighted by molar-refractivity contribution is 7.09. The van der Waals surface area contributed by atoms with E-state index in [1.54, 1.807) is 18.4 Å². The second-order valence-corrected chi connectivity index (χ2v) is 5.35. The fourth-order valence-electron chi connectivity index (χ4n) is 1.52. The van der Waals surface area contributed by atoms with Crippen LogP contribution in [0.3, 0.4) is 0 Å². The summed E-state index contributed by atoms with van der Waals surface area (Å²) in [5.74, 6) is 0.525. The highest BCUT2D eigenvalue weighted by atomic mass is 32.1. The Hall–Kier alpha value is -1.11. The molecule has 0 saturated heterocycles. The Morgan fingerprint density at radius 3 is 3.05 bits per heavy atom. The summed E-state index contributed by atoms with van der Waals surface area (Å²) < 4.78 is 5.01. The van der Waals surface area contributed by atoms with Crippen molar-refractivity contribution in [3.63, 3.8) is 0 Å². The van der Waals surface area contributed by atoms with E-state index in [0.717, 1.165) is 32.7 Å². The summed E-state index contributed by atoms with van der Waals surface area (Å²) in [5.41, 5.74) is 5.80. The van der Waals surface area contributed by atoms with Crippen LogP contribution in [0.5, 0.6) is 0 Å². The van der Waals surface area contributed by atoms with Gasteiger partial charge in [0.2, 0.25) is 0 Å². The molecule has 3 N–H and O–H groups in total. The van der Waals surface area contributed by atoms with Gasteiger partial charge in [0.05, 0.1) is 13.2 Å². The number of nitrogens with two attached hydrogens (primary N) is 1. The maximum Gasteiger partial charge on any atom is 0.188 e. The highest BCUT2D eigenvalue weighted by Gasteiger charge is 1.98. The van der Waals surface area contributed by atoms with Crippen molar-refractivity contribution in [3.05, 3.63) is 22.4 Å². The van der Waals surface area contributed by atoms with Crippen LogP contribution in [0.1, 0.15) is 4.88 Å². The quantitative estimate of drug-likeness (QED) is 0.519. The topological polar surface area (TPSA) is 62.9 Å². The highest BCUT2D eigenvalue weighted by Crippen LogP contribution is 2.07. The van der Waals surface area contributed by atoms with E-state index in [1.807, 2.05) is 0 Å². The Morgan fingerprint density at radius 1 is 1.53 bits per heavy atom. The third kappa shape index (κ3) is 7.81. The molecule has 0 bridgehead atoms. The van der Waals surface area contributed by atoms with Crippen molar-refractivity contribution < 1.29 is 4.74 Å². The van der Waals surface area contributed by atoms with Gasteiger partial charge >= 0.3 is 0 Å². The van der Waals surface area contributed by atoms with Crippen LogP contribution in [0.15, 0.2) is 22.5 Å². The van der Waals surface area contributed by atoms with Crippen LogP contribution in [0, 0.1) is 0 Å². The molecule has 1 aromatic rings. The molecule has 0 spiro atoms. The molecule has 5 nitrogen and oxygen atoms in total. The molecule has 6 heteroatoms. The third-order valence-electron chi connectivity index (χ3n) is 2.70. The molecular weight excluding hydrogens is 260 g/mol. The van der Waals surface area contributed by atoms with Crippen LogP contribution in [0.4, 0.5) is 0 Å². The Morgan fingerprint density at radius 2 is 2.37 bits per heavy atom. The molecular formula is C13H24N4OS. The number of likely N-dealkylation sites (N-methyl/N-ethyl adjacent to an activating group) is 1. The molecule has 1 aromatic heterocycles. The lowest BCUT2D eigenvalue weighted by molar-refractivity contribution is 0.163. The van der Waals surface area contributed by atoms with Crippen LogP contribution >= 0.6 is 11.3 Å². The van der Waals surface area contributed by atoms with Crippen molar-refractivity contribution in [2.45, 2.75) is 6.42 Å². The van der Waals surface area contributed by atoms with Gasteiger partial charge in [-0.2, -0.15) is 0 Å². The monoisotopic (exact) mass is 284 g/mol. The largest absolute Gasteiger partial charge is 0.383 e. The molecule has 0 fully saturated rings. The minimum atomic E-state index is 0.525. The van der Waals surface area contributed by atoms with Crippen molar-refractivity contribution >= 4 is 17.3 Å². The lowest BCUT2D eigenvalue weighted by atomic mass is 10.3. The van der Waals surface area contributed by atoms with Crippen molar-refractivity contribution in [2.75, 3.05) is 46.9 Å². The lowest BCUT2D eigenvalue weighted by Crippen LogP contribution is -2.34. The number of rotatable bonds is 9. The fraction of sp³-hybridized carbons (Fsp3) is 0.615. The number of nitrogens with zero attached hydrogens (tertiary/aromatic N) is 2. The zero-order valence-electron chi connectivity index (χ0n) is 11.8. The summed E-state index contributed by atoms with van der Waals surface area (Å²) in [6, 6.07) is 4.19. The van der Waals surface area contributed by atoms with Gasteiger partial charge in [-0.1, -0.05) is 6.07 Å². The summed E-state index contributed by atoms with van der Waals surface area (Å²) >= 11 is 1.76. The Balaban J connectivity index is 2.08. The van der Waals surface area contributed by atoms with Crippen molar-refractivity contribution in [3.8, 4) is 0 Å². The second kappa shape index (κ2) is 9.77. The Kier molecular flexibility index (Phi) is 8.20. The number of hydrogen-bond acceptors (Lipinski definition) is 4. The van der Waals surface area contributed by atoms with Gasteiger partial charge in [-0.3, -0.25) is 4.99 Å². The summed E-state index contributed by atoms with van der Waals surface area (Å²) in [4.78, 5) is 7.83. The predicted molar refractivity (Wildman–Crippen MR) is 81.9 cm³/mol. The van der Waals surface area contributed by atoms with Gasteiger partial charge < -0.3 is 20.7 Å². The van der Waals surface area contributed by atoms with Gasteiger partial charge in [-0.25, -0.2) is 0 Å². The molecule has 108 valence electrons. The first kappa shape index (κ1) is 15.9. The van der Waals surface area contributed by atoms with E-state index in [4.69, 9.17) is 10.5 Å². The number of ether oxygens (including phenoxy) is 1. The molecule has 1 rings (SSSR count). The van der Waals surface area contributed by atoms with E-state index < -0.39 is 0 Å². The first-order chi connectivity index (χ1) is 9.22. The van der Waals surface area contributed by atoms with Gasteiger partial charge in [0, 0.05) is 31.6 Å². The minimum absolute atomic E-state index is 0.525. The zero-order valence-corrected chi connectivity index (χ0v) is 12.6. The summed E-state index contributed by atoms with van der Waals surface area (Å²) in [6.07, 6.45) is 0.988. The zero-order chi connectivity index (χ0) is 13.9. The van der Waals surface area contributed by atoms with Gasteiger partial charge in [0.1, 0.15) is 0 Å². The van der Waals surface area contributed by atoms with E-state index in [0.29, 0.717) is 12.5 Å². The molecule has 0 saturated carbocycles. The van der Waals surface area contributed by atoms with Crippen LogP contribution in [-0.2, 0) is 11.2 Å². The van der Waals surface area contributed by atoms with Crippen LogP contribution in [0.25, 0.3) is 0 Å². The Labute approximate surface area is 119 Å². The van der Waals surface area contributed by atoms with E-state index >= 15 is 0 Å². The molecule has 0 atom stereocenters. The number of nitrogens with one attached hydrogen (secondary N) is 1. The molecule has 0 aliphatic heterocycles. The van der Waals surface area contributed by atoms with Gasteiger partial charge in [0.15, 0.2) is 5.96 Å². The normalized spacial score (nSPS) is 12.1. The van der Waals surface area contributed by atoms with E-state index in [1.165, 1.54) is 4.88 Å². The molecule has 0 aliphatic rings. The smallest absolute Gasteiger partial charge is 0.188 e. The van der Waals surface area contributed by atoms with Crippen molar-refractivity contribution in [2.24, 2.45) is 10.7 Å². The summed E-state index contributed by atoms with van der Waals surface area (Å²) in [6.45, 7) is 4.08. The number of thiophene rings is 1. The summed E-state index contributed by atoms with van der Waals surface area (Å²) in [5, 5.41) is 5.21. The standard InChI is InChI=1S/C13H24N4OS/c1-17(9-10-18-2)8-7-16-13(14)15-6-5-12-4-3-11-19-12/h3-4,11H,5-10H2,1-2H3,(H3,14,15,16). The number of guanidine groups is 1. The third-order valence-corrected chi connectivity index (χ3v) is 3.63. The molecule has 1 heterocycles. The molecule has 19 heavy (non-hydrogen) atoms. The van der Waals surface area contributed by atoms with Crippen molar-refractivity contribution in [1.29, 1.82) is 0 Å². The van der Waals surface area contributed by atoms with E-state index in [9.17, 15) is 0 Å². The average Bonchev–Trinajstić information content (AvgIpc) is 2.89. The number of aliphatic imine (C=N–C) groups is 1. The van der Waals surface area contributed by atoms with Gasteiger partial charge in [-0.05, 0) is 24.9 Å². The van der Waals surface area contributed by atoms with Crippen LogP contribution < -0.4 is 11.1 Å². The van der Waals surface area contributed by atoms with E-state index in [2.05, 4.69) is 39.8 Å². The van der Waals surface area contributed by atoms with Gasteiger partial charge in [0.25, 0.3) is 0 Å². The average molecular weight is 284 g/mol. The molecule has 0 radical (unpaired) electrons. The maximum atomic E-state index is 5.80. The molecule has 0 unspecified atom stereocenters. The summed E-state index contributed by atoms with van der Waals surface area (Å²) in [7, 11) is 3.76. The van der Waals surface area contributed by atoms with Gasteiger partial charge in [-0.15, -0.1) is 11.3 Å². The first-order valence-electron chi connectivity index (χ1n) is 6.46. The first-order valence-corrected chi connectivity index (χ1v) is 7.34. The lowest BCUT2D eigenvalue weighted by Gasteiger charge is -2.14. The van der Waals surface area contributed by atoms with Crippen LogP contribution in [0.2, 0.25) is 0 Å². The SMILES string of the molecule is COCCN(C)CCN=C(N)NCCc1cccs1. The Bertz CT molecular complexity index is 354. The molecule has 0 aromatic carbocycles. The number of methoxy groups -OCH3 is 1. The van der Waals surface area contributed by atoms with Crippen molar-refractivity contribution in [1.82, 2.24) is 10.2 Å². The predicted octanol–water partition coefficient (Wildman–Crippen LogP) is 0.773. The fourth-order valence-corrected chi connectivity index (χ4v) is 2.23. The second-order valence-electron chi connectivity index (χ2n) is 4.32. The minimum Gasteiger partial charge on any atom is -0.383 e. The van der Waals surface area contributed by atoms with E-state index in [-0.39, 0.29) is 0 Å². The van der Waals surface area contributed by atoms with Crippen LogP contribution in [-0.4, -0.2) is 57.8 Å². The molecule has 0 aliphatic carbocycles. The molecule has 0 amide bonds. The maximum absolute atomic E-state index is 5.80. The number of hydrogen-bond donors (Lipinski definition) is 2.